The third kappa shape index (κ3) is 4.40. The molecule has 3 N–H and O–H groups in total. The molecule has 1 unspecified atom stereocenters. The average Bonchev–Trinajstić information content (AvgIpc) is 3.13. The van der Waals surface area contributed by atoms with Gasteiger partial charge in [0, 0.05) is 0 Å². The van der Waals surface area contributed by atoms with Gasteiger partial charge < -0.3 is 15.3 Å². The molecule has 7 atom stereocenters. The molecule has 0 bridgehead atoms. The summed E-state index contributed by atoms with van der Waals surface area (Å²) in [4.78, 5) is 22.4. The maximum Gasteiger partial charge on any atom is 0.307 e. The van der Waals surface area contributed by atoms with Crippen LogP contribution in [0.4, 0.5) is 0 Å². The number of aliphatic carboxylic acids is 2. The number of allylic oxidation sites excluding steroid dienone is 4. The molecule has 1 fully saturated rings. The minimum Gasteiger partial charge on any atom is -0.481 e. The predicted octanol–water partition coefficient (Wildman–Crippen LogP) is 6.61. The summed E-state index contributed by atoms with van der Waals surface area (Å²) in [7, 11) is 0. The first-order chi connectivity index (χ1) is 16.3. The maximum absolute atomic E-state index is 11.4. The van der Waals surface area contributed by atoms with Gasteiger partial charge in [-0.25, -0.2) is 0 Å². The number of fused-ring (bicyclic) bond motifs is 4. The lowest BCUT2D eigenvalue weighted by atomic mass is 9.46. The molecule has 5 heteroatoms. The highest BCUT2D eigenvalue weighted by molar-refractivity contribution is 5.77. The second kappa shape index (κ2) is 9.36. The Balaban J connectivity index is 1.47. The van der Waals surface area contributed by atoms with Gasteiger partial charge in [-0.05, 0) is 96.5 Å². The zero-order chi connectivity index (χ0) is 25.8. The highest BCUT2D eigenvalue weighted by Gasteiger charge is 2.57. The van der Waals surface area contributed by atoms with Crippen molar-refractivity contribution in [1.29, 1.82) is 0 Å². The third-order valence-corrected chi connectivity index (χ3v) is 11.1. The van der Waals surface area contributed by atoms with Crippen molar-refractivity contribution in [3.05, 3.63) is 22.8 Å². The summed E-state index contributed by atoms with van der Waals surface area (Å²) in [5, 5.41) is 29.1. The summed E-state index contributed by atoms with van der Waals surface area (Å²) in [5.41, 5.74) is 5.24. The van der Waals surface area contributed by atoms with Crippen LogP contribution in [0.15, 0.2) is 22.8 Å². The van der Waals surface area contributed by atoms with Crippen molar-refractivity contribution >= 4 is 11.9 Å². The fourth-order valence-electron chi connectivity index (χ4n) is 8.99. The van der Waals surface area contributed by atoms with Gasteiger partial charge in [-0.1, -0.05) is 59.1 Å². The molecular formula is C30H46O5. The molecule has 0 aliphatic heterocycles. The fourth-order valence-corrected chi connectivity index (χ4v) is 8.99. The van der Waals surface area contributed by atoms with Crippen LogP contribution < -0.4 is 0 Å². The number of carboxylic acids is 2. The predicted molar refractivity (Wildman–Crippen MR) is 137 cm³/mol. The molecule has 196 valence electrons. The van der Waals surface area contributed by atoms with E-state index >= 15 is 0 Å². The van der Waals surface area contributed by atoms with Crippen LogP contribution in [0, 0.1) is 39.9 Å². The van der Waals surface area contributed by atoms with E-state index < -0.39 is 17.9 Å². The second-order valence-electron chi connectivity index (χ2n) is 13.3. The first kappa shape index (κ1) is 26.4. The van der Waals surface area contributed by atoms with Gasteiger partial charge in [-0.3, -0.25) is 9.59 Å². The summed E-state index contributed by atoms with van der Waals surface area (Å²) in [6.45, 7) is 11.8. The average molecular weight is 487 g/mol. The van der Waals surface area contributed by atoms with E-state index in [1.165, 1.54) is 6.42 Å². The number of hydrogen-bond donors (Lipinski definition) is 3. The van der Waals surface area contributed by atoms with Crippen LogP contribution in [0.25, 0.3) is 0 Å². The van der Waals surface area contributed by atoms with Crippen LogP contribution in [0.3, 0.4) is 0 Å². The van der Waals surface area contributed by atoms with E-state index in [9.17, 15) is 19.8 Å². The Kier molecular flexibility index (Phi) is 7.07. The minimum atomic E-state index is -1.03. The van der Waals surface area contributed by atoms with Gasteiger partial charge in [0.15, 0.2) is 0 Å². The lowest BCUT2D eigenvalue weighted by Gasteiger charge is -2.59. The van der Waals surface area contributed by atoms with Crippen molar-refractivity contribution in [2.45, 2.75) is 111 Å². The summed E-state index contributed by atoms with van der Waals surface area (Å²) in [5.74, 6) is -1.25. The molecule has 4 aliphatic rings. The Morgan fingerprint density at radius 2 is 1.74 bits per heavy atom. The molecule has 1 saturated carbocycles. The maximum atomic E-state index is 11.4. The molecule has 0 amide bonds. The molecule has 0 radical (unpaired) electrons. The summed E-state index contributed by atoms with van der Waals surface area (Å²) < 4.78 is 0. The molecule has 4 aliphatic carbocycles. The largest absolute Gasteiger partial charge is 0.481 e. The smallest absolute Gasteiger partial charge is 0.307 e. The normalized spacial score (nSPS) is 37.5. The lowest BCUT2D eigenvalue weighted by Crippen LogP contribution is -2.53. The SMILES string of the molecule is C[C@H](CCCC(CC(=O)O)C(=O)O)[C@H]1CC=C2C3=C(CC[C@@]21C)[C@@]1(C)CC[C@H](O)C(C)(C)[C@@H]1CC3. The van der Waals surface area contributed by atoms with Gasteiger partial charge in [-0.2, -0.15) is 0 Å². The monoisotopic (exact) mass is 486 g/mol. The number of aliphatic hydroxyl groups excluding tert-OH is 1. The highest BCUT2D eigenvalue weighted by atomic mass is 16.4. The zero-order valence-corrected chi connectivity index (χ0v) is 22.4. The molecule has 0 heterocycles. The van der Waals surface area contributed by atoms with E-state index in [4.69, 9.17) is 5.11 Å². The van der Waals surface area contributed by atoms with Gasteiger partial charge >= 0.3 is 11.9 Å². The second-order valence-corrected chi connectivity index (χ2v) is 13.3. The molecule has 0 aromatic heterocycles. The van der Waals surface area contributed by atoms with Crippen molar-refractivity contribution in [2.75, 3.05) is 0 Å². The number of aliphatic hydroxyl groups is 1. The Hall–Kier alpha value is -1.62. The summed E-state index contributed by atoms with van der Waals surface area (Å²) in [6, 6.07) is 0. The topological polar surface area (TPSA) is 94.8 Å². The van der Waals surface area contributed by atoms with Crippen molar-refractivity contribution in [1.82, 2.24) is 0 Å². The number of carboxylic acid groups (broad SMARTS) is 2. The molecular weight excluding hydrogens is 440 g/mol. The standard InChI is InChI=1S/C30H46O5/c1-18(7-6-8-19(27(34)35)17-26(32)33)21-10-11-22-20-9-12-24-28(2,3)25(31)14-16-30(24,5)23(20)13-15-29(21,22)4/h11,18-19,21,24-25,31H,6-10,12-17H2,1-5H3,(H,32,33)(H,34,35)/t18-,19?,21-,24+,25+,29-,30-/m1/s1. The Morgan fingerprint density at radius 1 is 1.03 bits per heavy atom. The van der Waals surface area contributed by atoms with Gasteiger partial charge in [0.25, 0.3) is 0 Å². The first-order valence-electron chi connectivity index (χ1n) is 13.9. The van der Waals surface area contributed by atoms with E-state index in [2.05, 4.69) is 40.7 Å². The minimum absolute atomic E-state index is 0.0398. The molecule has 5 nitrogen and oxygen atoms in total. The fraction of sp³-hybridized carbons (Fsp3) is 0.800. The number of hydrogen-bond acceptors (Lipinski definition) is 3. The molecule has 0 aromatic rings. The Bertz CT molecular complexity index is 929. The van der Waals surface area contributed by atoms with Crippen LogP contribution in [-0.2, 0) is 9.59 Å². The van der Waals surface area contributed by atoms with E-state index in [1.807, 2.05) is 0 Å². The van der Waals surface area contributed by atoms with Crippen LogP contribution in [0.1, 0.15) is 105 Å². The van der Waals surface area contributed by atoms with Crippen LogP contribution in [0.2, 0.25) is 0 Å². The quantitative estimate of drug-likeness (QED) is 0.359. The highest BCUT2D eigenvalue weighted by Crippen LogP contribution is 2.66. The molecule has 35 heavy (non-hydrogen) atoms. The van der Waals surface area contributed by atoms with Crippen LogP contribution >= 0.6 is 0 Å². The first-order valence-corrected chi connectivity index (χ1v) is 13.9. The number of rotatable bonds is 8. The van der Waals surface area contributed by atoms with Gasteiger partial charge in [0.1, 0.15) is 0 Å². The molecule has 0 aromatic carbocycles. The van der Waals surface area contributed by atoms with Gasteiger partial charge in [0.05, 0.1) is 18.4 Å². The van der Waals surface area contributed by atoms with Gasteiger partial charge in [-0.15, -0.1) is 0 Å². The molecule has 4 rings (SSSR count). The van der Waals surface area contributed by atoms with E-state index in [1.54, 1.807) is 16.7 Å². The molecule has 0 spiro atoms. The van der Waals surface area contributed by atoms with Crippen molar-refractivity contribution in [3.8, 4) is 0 Å². The van der Waals surface area contributed by atoms with Crippen molar-refractivity contribution in [2.24, 2.45) is 39.9 Å². The Morgan fingerprint density at radius 3 is 2.40 bits per heavy atom. The number of carbonyl (C=O) groups is 2. The lowest BCUT2D eigenvalue weighted by molar-refractivity contribution is -0.148. The molecule has 0 saturated heterocycles. The third-order valence-electron chi connectivity index (χ3n) is 11.1. The van der Waals surface area contributed by atoms with E-state index in [0.717, 1.165) is 51.4 Å². The summed E-state index contributed by atoms with van der Waals surface area (Å²) in [6.07, 6.45) is 11.9. The van der Waals surface area contributed by atoms with Crippen LogP contribution in [0.5, 0.6) is 0 Å². The van der Waals surface area contributed by atoms with Crippen molar-refractivity contribution < 1.29 is 24.9 Å². The summed E-state index contributed by atoms with van der Waals surface area (Å²) >= 11 is 0. The van der Waals surface area contributed by atoms with E-state index in [-0.39, 0.29) is 28.8 Å². The van der Waals surface area contributed by atoms with E-state index in [0.29, 0.717) is 24.2 Å². The van der Waals surface area contributed by atoms with Gasteiger partial charge in [0.2, 0.25) is 0 Å². The zero-order valence-electron chi connectivity index (χ0n) is 22.4. The Labute approximate surface area is 211 Å². The van der Waals surface area contributed by atoms with Crippen LogP contribution in [-0.4, -0.2) is 33.4 Å². The van der Waals surface area contributed by atoms with Crippen molar-refractivity contribution in [3.63, 3.8) is 0 Å².